The first-order chi connectivity index (χ1) is 7.53. The molecule has 0 spiro atoms. The van der Waals surface area contributed by atoms with Gasteiger partial charge in [0, 0.05) is 12.5 Å². The second-order valence-electron chi connectivity index (χ2n) is 5.47. The van der Waals surface area contributed by atoms with E-state index in [0.29, 0.717) is 5.92 Å². The second kappa shape index (κ2) is 5.65. The smallest absolute Gasteiger partial charge is 0.0623 e. The first kappa shape index (κ1) is 13.5. The molecule has 0 heterocycles. The summed E-state index contributed by atoms with van der Waals surface area (Å²) in [6.07, 6.45) is 8.31. The molecule has 2 heteroatoms. The fourth-order valence-corrected chi connectivity index (χ4v) is 2.94. The number of aliphatic hydroxyl groups is 2. The molecule has 1 aliphatic carbocycles. The van der Waals surface area contributed by atoms with Crippen molar-refractivity contribution >= 4 is 0 Å². The van der Waals surface area contributed by atoms with Crippen LogP contribution in [0.25, 0.3) is 0 Å². The lowest BCUT2D eigenvalue weighted by Crippen LogP contribution is -2.27. The van der Waals surface area contributed by atoms with E-state index in [-0.39, 0.29) is 24.0 Å². The van der Waals surface area contributed by atoms with Gasteiger partial charge in [-0.1, -0.05) is 38.7 Å². The van der Waals surface area contributed by atoms with Crippen molar-refractivity contribution in [3.05, 3.63) is 24.8 Å². The molecule has 2 N–H and O–H groups in total. The van der Waals surface area contributed by atoms with Crippen LogP contribution in [0.5, 0.6) is 0 Å². The van der Waals surface area contributed by atoms with Gasteiger partial charge in [-0.15, -0.1) is 0 Å². The lowest BCUT2D eigenvalue weighted by Gasteiger charge is -2.28. The SMILES string of the molecule is C=C/C=C/CCC1C(O)C(CO)CC1(C)C. The summed E-state index contributed by atoms with van der Waals surface area (Å²) in [5.41, 5.74) is 0.134. The average Bonchev–Trinajstić information content (AvgIpc) is 2.45. The molecule has 0 aliphatic heterocycles. The molecule has 0 saturated heterocycles. The Labute approximate surface area is 98.7 Å². The highest BCUT2D eigenvalue weighted by Crippen LogP contribution is 2.48. The predicted molar refractivity (Wildman–Crippen MR) is 67.0 cm³/mol. The molecule has 3 atom stereocenters. The minimum Gasteiger partial charge on any atom is -0.396 e. The molecule has 0 amide bonds. The lowest BCUT2D eigenvalue weighted by molar-refractivity contribution is 0.0465. The molecule has 0 aromatic rings. The largest absolute Gasteiger partial charge is 0.396 e. The van der Waals surface area contributed by atoms with Crippen molar-refractivity contribution in [3.63, 3.8) is 0 Å². The van der Waals surface area contributed by atoms with Crippen molar-refractivity contribution in [1.29, 1.82) is 0 Å². The molecule has 0 aromatic carbocycles. The van der Waals surface area contributed by atoms with Gasteiger partial charge in [0.15, 0.2) is 0 Å². The van der Waals surface area contributed by atoms with Crippen molar-refractivity contribution in [2.75, 3.05) is 6.61 Å². The molecule has 1 fully saturated rings. The number of allylic oxidation sites excluding steroid dienone is 3. The number of hydrogen-bond donors (Lipinski definition) is 2. The first-order valence-electron chi connectivity index (χ1n) is 6.09. The summed E-state index contributed by atoms with van der Waals surface area (Å²) >= 11 is 0. The molecule has 3 unspecified atom stereocenters. The molecule has 16 heavy (non-hydrogen) atoms. The van der Waals surface area contributed by atoms with Crippen LogP contribution in [0.15, 0.2) is 24.8 Å². The fourth-order valence-electron chi connectivity index (χ4n) is 2.94. The summed E-state index contributed by atoms with van der Waals surface area (Å²) in [6.45, 7) is 8.11. The summed E-state index contributed by atoms with van der Waals surface area (Å²) in [7, 11) is 0. The minimum atomic E-state index is -0.350. The Hall–Kier alpha value is -0.600. The third kappa shape index (κ3) is 2.96. The lowest BCUT2D eigenvalue weighted by atomic mass is 9.78. The molecule has 2 nitrogen and oxygen atoms in total. The highest BCUT2D eigenvalue weighted by molar-refractivity contribution is 5.00. The van der Waals surface area contributed by atoms with E-state index in [2.05, 4.69) is 26.5 Å². The van der Waals surface area contributed by atoms with Gasteiger partial charge in [0.1, 0.15) is 0 Å². The zero-order valence-corrected chi connectivity index (χ0v) is 10.4. The zero-order valence-electron chi connectivity index (χ0n) is 10.4. The molecule has 0 aromatic heterocycles. The summed E-state index contributed by atoms with van der Waals surface area (Å²) in [5, 5.41) is 19.3. The molecule has 1 rings (SSSR count). The van der Waals surface area contributed by atoms with Crippen LogP contribution in [0.3, 0.4) is 0 Å². The number of aliphatic hydroxyl groups excluding tert-OH is 2. The highest BCUT2D eigenvalue weighted by Gasteiger charge is 2.46. The second-order valence-corrected chi connectivity index (χ2v) is 5.47. The number of rotatable bonds is 5. The van der Waals surface area contributed by atoms with Gasteiger partial charge in [-0.2, -0.15) is 0 Å². The van der Waals surface area contributed by atoms with Gasteiger partial charge < -0.3 is 10.2 Å². The van der Waals surface area contributed by atoms with Crippen LogP contribution < -0.4 is 0 Å². The minimum absolute atomic E-state index is 0.0587. The van der Waals surface area contributed by atoms with Gasteiger partial charge in [0.2, 0.25) is 0 Å². The van der Waals surface area contributed by atoms with E-state index < -0.39 is 0 Å². The Kier molecular flexibility index (Phi) is 4.75. The van der Waals surface area contributed by atoms with Crippen molar-refractivity contribution in [3.8, 4) is 0 Å². The Bertz CT molecular complexity index is 255. The van der Waals surface area contributed by atoms with Crippen LogP contribution >= 0.6 is 0 Å². The summed E-state index contributed by atoms with van der Waals surface area (Å²) in [5.74, 6) is 0.350. The maximum atomic E-state index is 10.1. The van der Waals surface area contributed by atoms with Gasteiger partial charge in [-0.3, -0.25) is 0 Å². The van der Waals surface area contributed by atoms with Crippen LogP contribution in [-0.2, 0) is 0 Å². The van der Waals surface area contributed by atoms with Crippen LogP contribution in [0, 0.1) is 17.3 Å². The quantitative estimate of drug-likeness (QED) is 0.704. The van der Waals surface area contributed by atoms with E-state index in [4.69, 9.17) is 0 Å². The Morgan fingerprint density at radius 1 is 1.44 bits per heavy atom. The third-order valence-electron chi connectivity index (χ3n) is 3.84. The first-order valence-corrected chi connectivity index (χ1v) is 6.09. The van der Waals surface area contributed by atoms with E-state index in [9.17, 15) is 10.2 Å². The third-order valence-corrected chi connectivity index (χ3v) is 3.84. The predicted octanol–water partition coefficient (Wildman–Crippen LogP) is 2.52. The van der Waals surface area contributed by atoms with E-state index in [1.807, 2.05) is 6.08 Å². The topological polar surface area (TPSA) is 40.5 Å². The van der Waals surface area contributed by atoms with E-state index in [1.54, 1.807) is 6.08 Å². The van der Waals surface area contributed by atoms with Crippen molar-refractivity contribution < 1.29 is 10.2 Å². The molecule has 0 radical (unpaired) electrons. The molecule has 0 bridgehead atoms. The van der Waals surface area contributed by atoms with E-state index in [0.717, 1.165) is 19.3 Å². The van der Waals surface area contributed by atoms with Gasteiger partial charge in [-0.25, -0.2) is 0 Å². The summed E-state index contributed by atoms with van der Waals surface area (Å²) in [4.78, 5) is 0. The Morgan fingerprint density at radius 3 is 2.62 bits per heavy atom. The fraction of sp³-hybridized carbons (Fsp3) is 0.714. The van der Waals surface area contributed by atoms with Gasteiger partial charge in [-0.05, 0) is 30.6 Å². The zero-order chi connectivity index (χ0) is 12.2. The maximum Gasteiger partial charge on any atom is 0.0623 e. The Balaban J connectivity index is 2.56. The van der Waals surface area contributed by atoms with Crippen LogP contribution in [0.4, 0.5) is 0 Å². The van der Waals surface area contributed by atoms with Crippen molar-refractivity contribution in [1.82, 2.24) is 0 Å². The van der Waals surface area contributed by atoms with Crippen molar-refractivity contribution in [2.45, 2.75) is 39.2 Å². The molecule has 92 valence electrons. The van der Waals surface area contributed by atoms with Crippen LogP contribution in [0.1, 0.15) is 33.1 Å². The van der Waals surface area contributed by atoms with Crippen LogP contribution in [-0.4, -0.2) is 22.9 Å². The highest BCUT2D eigenvalue weighted by atomic mass is 16.3. The van der Waals surface area contributed by atoms with Crippen LogP contribution in [0.2, 0.25) is 0 Å². The van der Waals surface area contributed by atoms with Gasteiger partial charge in [0.25, 0.3) is 0 Å². The van der Waals surface area contributed by atoms with E-state index in [1.165, 1.54) is 0 Å². The summed E-state index contributed by atoms with van der Waals surface area (Å²) < 4.78 is 0. The van der Waals surface area contributed by atoms with Gasteiger partial charge >= 0.3 is 0 Å². The molecular formula is C14H24O2. The monoisotopic (exact) mass is 224 g/mol. The Morgan fingerprint density at radius 2 is 2.12 bits per heavy atom. The average molecular weight is 224 g/mol. The molecule has 1 aliphatic rings. The van der Waals surface area contributed by atoms with Crippen molar-refractivity contribution in [2.24, 2.45) is 17.3 Å². The van der Waals surface area contributed by atoms with Gasteiger partial charge in [0.05, 0.1) is 6.10 Å². The van der Waals surface area contributed by atoms with E-state index >= 15 is 0 Å². The normalized spacial score (nSPS) is 33.4. The molecule has 1 saturated carbocycles. The summed E-state index contributed by atoms with van der Waals surface area (Å²) in [6, 6.07) is 0. The maximum absolute atomic E-state index is 10.1. The number of hydrogen-bond acceptors (Lipinski definition) is 2. The molecular weight excluding hydrogens is 200 g/mol. The standard InChI is InChI=1S/C14H24O2/c1-4-5-6-7-8-12-13(16)11(10-15)9-14(12,2)3/h4-6,11-13,15-16H,1,7-10H2,2-3H3/b6-5+.